The minimum atomic E-state index is -0.0271. The van der Waals surface area contributed by atoms with Gasteiger partial charge in [-0.1, -0.05) is 18.2 Å². The predicted molar refractivity (Wildman–Crippen MR) is 95.1 cm³/mol. The molecule has 0 fully saturated rings. The van der Waals surface area contributed by atoms with Gasteiger partial charge in [-0.3, -0.25) is 4.79 Å². The van der Waals surface area contributed by atoms with Gasteiger partial charge in [0, 0.05) is 35.3 Å². The number of amides is 1. The molecule has 0 unspecified atom stereocenters. The Bertz CT molecular complexity index is 919. The van der Waals surface area contributed by atoms with Crippen LogP contribution in [0.25, 0.3) is 22.8 Å². The molecule has 1 aromatic carbocycles. The smallest absolute Gasteiger partial charge is 0.253 e. The third-order valence-corrected chi connectivity index (χ3v) is 4.88. The van der Waals surface area contributed by atoms with Crippen molar-refractivity contribution in [3.8, 4) is 22.8 Å². The lowest BCUT2D eigenvalue weighted by molar-refractivity contribution is 0.0946. The minimum Gasteiger partial charge on any atom is -0.356 e. The molecule has 1 amide bonds. The normalized spacial score (nSPS) is 13.5. The second-order valence-electron chi connectivity index (χ2n) is 5.55. The first-order valence-corrected chi connectivity index (χ1v) is 8.95. The molecule has 120 valence electrons. The summed E-state index contributed by atoms with van der Waals surface area (Å²) < 4.78 is 0. The second-order valence-corrected chi connectivity index (χ2v) is 6.39. The summed E-state index contributed by atoms with van der Waals surface area (Å²) >= 11 is 1.67. The van der Waals surface area contributed by atoms with Crippen molar-refractivity contribution >= 4 is 17.7 Å². The highest BCUT2D eigenvalue weighted by Gasteiger charge is 2.20. The molecule has 0 bridgehead atoms. The standard InChI is InChI=1S/C18H16N4OS/c1-24-16-5-3-2-4-11(16)17-19-8-7-14(22-17)15-10-12-13(21-15)6-9-20-18(12)23/h2-5,7-8,10,21H,6,9H2,1H3,(H,20,23). The van der Waals surface area contributed by atoms with Crippen LogP contribution >= 0.6 is 11.8 Å². The van der Waals surface area contributed by atoms with E-state index in [0.29, 0.717) is 17.9 Å². The number of hydrogen-bond acceptors (Lipinski definition) is 4. The van der Waals surface area contributed by atoms with Crippen molar-refractivity contribution in [3.05, 3.63) is 53.9 Å². The minimum absolute atomic E-state index is 0.0271. The van der Waals surface area contributed by atoms with Gasteiger partial charge in [0.25, 0.3) is 5.91 Å². The van der Waals surface area contributed by atoms with Gasteiger partial charge in [0.15, 0.2) is 5.82 Å². The molecule has 3 heterocycles. The van der Waals surface area contributed by atoms with E-state index in [0.717, 1.165) is 34.0 Å². The Morgan fingerprint density at radius 3 is 2.88 bits per heavy atom. The van der Waals surface area contributed by atoms with Crippen LogP contribution < -0.4 is 5.32 Å². The van der Waals surface area contributed by atoms with E-state index < -0.39 is 0 Å². The van der Waals surface area contributed by atoms with Crippen LogP contribution in [0.1, 0.15) is 16.1 Å². The Hall–Kier alpha value is -2.60. The lowest BCUT2D eigenvalue weighted by Crippen LogP contribution is -2.31. The first-order chi connectivity index (χ1) is 11.8. The largest absolute Gasteiger partial charge is 0.356 e. The maximum absolute atomic E-state index is 11.9. The third kappa shape index (κ3) is 2.59. The number of fused-ring (bicyclic) bond motifs is 1. The number of nitrogens with zero attached hydrogens (tertiary/aromatic N) is 2. The zero-order valence-electron chi connectivity index (χ0n) is 13.2. The number of thioether (sulfide) groups is 1. The molecule has 1 aliphatic heterocycles. The number of benzene rings is 1. The molecule has 5 nitrogen and oxygen atoms in total. The van der Waals surface area contributed by atoms with E-state index in [-0.39, 0.29) is 5.91 Å². The van der Waals surface area contributed by atoms with E-state index in [2.05, 4.69) is 21.4 Å². The fourth-order valence-corrected chi connectivity index (χ4v) is 3.49. The van der Waals surface area contributed by atoms with Gasteiger partial charge in [-0.05, 0) is 24.5 Å². The number of carbonyl (C=O) groups excluding carboxylic acids is 1. The molecule has 2 N–H and O–H groups in total. The van der Waals surface area contributed by atoms with Crippen LogP contribution in [0, 0.1) is 0 Å². The average molecular weight is 336 g/mol. The molecule has 0 radical (unpaired) electrons. The van der Waals surface area contributed by atoms with Crippen LogP contribution in [-0.4, -0.2) is 33.7 Å². The summed E-state index contributed by atoms with van der Waals surface area (Å²) in [6.07, 6.45) is 4.61. The van der Waals surface area contributed by atoms with Crippen molar-refractivity contribution in [2.24, 2.45) is 0 Å². The molecule has 0 atom stereocenters. The van der Waals surface area contributed by atoms with Crippen molar-refractivity contribution in [2.75, 3.05) is 12.8 Å². The SMILES string of the molecule is CSc1ccccc1-c1nccc(-c2cc3c([nH]2)CCNC3=O)n1. The number of rotatable bonds is 3. The van der Waals surface area contributed by atoms with Crippen molar-refractivity contribution in [1.82, 2.24) is 20.3 Å². The maximum Gasteiger partial charge on any atom is 0.253 e. The zero-order chi connectivity index (χ0) is 16.5. The van der Waals surface area contributed by atoms with E-state index in [1.54, 1.807) is 18.0 Å². The Kier molecular flexibility index (Phi) is 3.82. The van der Waals surface area contributed by atoms with Gasteiger partial charge >= 0.3 is 0 Å². The summed E-state index contributed by atoms with van der Waals surface area (Å²) in [4.78, 5) is 25.5. The molecule has 0 aliphatic carbocycles. The van der Waals surface area contributed by atoms with E-state index in [1.165, 1.54) is 0 Å². The molecule has 3 aromatic rings. The van der Waals surface area contributed by atoms with Crippen LogP contribution in [0.3, 0.4) is 0 Å². The van der Waals surface area contributed by atoms with Crippen molar-refractivity contribution in [3.63, 3.8) is 0 Å². The number of carbonyl (C=O) groups is 1. The van der Waals surface area contributed by atoms with Gasteiger partial charge in [-0.25, -0.2) is 9.97 Å². The van der Waals surface area contributed by atoms with Gasteiger partial charge < -0.3 is 10.3 Å². The van der Waals surface area contributed by atoms with E-state index in [4.69, 9.17) is 4.98 Å². The fraction of sp³-hybridized carbons (Fsp3) is 0.167. The first kappa shape index (κ1) is 15.0. The molecule has 2 aromatic heterocycles. The third-order valence-electron chi connectivity index (χ3n) is 4.08. The van der Waals surface area contributed by atoms with Gasteiger partial charge in [-0.15, -0.1) is 11.8 Å². The average Bonchev–Trinajstić information content (AvgIpc) is 3.08. The highest BCUT2D eigenvalue weighted by molar-refractivity contribution is 7.98. The highest BCUT2D eigenvalue weighted by atomic mass is 32.2. The topological polar surface area (TPSA) is 70.7 Å². The molecule has 4 rings (SSSR count). The molecular formula is C18H16N4OS. The van der Waals surface area contributed by atoms with Crippen molar-refractivity contribution in [1.29, 1.82) is 0 Å². The molecule has 0 saturated carbocycles. The summed E-state index contributed by atoms with van der Waals surface area (Å²) in [5.74, 6) is 0.662. The molecule has 24 heavy (non-hydrogen) atoms. The maximum atomic E-state index is 11.9. The second kappa shape index (κ2) is 6.13. The zero-order valence-corrected chi connectivity index (χ0v) is 14.0. The molecule has 0 spiro atoms. The van der Waals surface area contributed by atoms with Crippen molar-refractivity contribution in [2.45, 2.75) is 11.3 Å². The van der Waals surface area contributed by atoms with Crippen LogP contribution in [0.15, 0.2) is 47.5 Å². The summed E-state index contributed by atoms with van der Waals surface area (Å²) in [5.41, 5.74) is 4.33. The van der Waals surface area contributed by atoms with Crippen LogP contribution in [-0.2, 0) is 6.42 Å². The highest BCUT2D eigenvalue weighted by Crippen LogP contribution is 2.29. The summed E-state index contributed by atoms with van der Waals surface area (Å²) in [5, 5.41) is 2.86. The molecule has 1 aliphatic rings. The Morgan fingerprint density at radius 1 is 1.17 bits per heavy atom. The van der Waals surface area contributed by atoms with E-state index >= 15 is 0 Å². The lowest BCUT2D eigenvalue weighted by Gasteiger charge is -2.10. The number of aromatic amines is 1. The lowest BCUT2D eigenvalue weighted by atomic mass is 10.1. The number of nitrogens with one attached hydrogen (secondary N) is 2. The summed E-state index contributed by atoms with van der Waals surface area (Å²) in [6.45, 7) is 0.669. The van der Waals surface area contributed by atoms with Gasteiger partial charge in [0.05, 0.1) is 17.0 Å². The number of aromatic nitrogens is 3. The quantitative estimate of drug-likeness (QED) is 0.721. The number of hydrogen-bond donors (Lipinski definition) is 2. The van der Waals surface area contributed by atoms with Crippen LogP contribution in [0.5, 0.6) is 0 Å². The Morgan fingerprint density at radius 2 is 2.04 bits per heavy atom. The van der Waals surface area contributed by atoms with Crippen LogP contribution in [0.4, 0.5) is 0 Å². The van der Waals surface area contributed by atoms with Crippen LogP contribution in [0.2, 0.25) is 0 Å². The van der Waals surface area contributed by atoms with Gasteiger partial charge in [0.1, 0.15) is 0 Å². The Balaban J connectivity index is 1.77. The summed E-state index contributed by atoms with van der Waals surface area (Å²) in [6, 6.07) is 11.8. The first-order valence-electron chi connectivity index (χ1n) is 7.73. The fourth-order valence-electron chi connectivity index (χ4n) is 2.90. The number of H-pyrrole nitrogens is 1. The summed E-state index contributed by atoms with van der Waals surface area (Å²) in [7, 11) is 0. The monoisotopic (exact) mass is 336 g/mol. The van der Waals surface area contributed by atoms with Gasteiger partial charge in [-0.2, -0.15) is 0 Å². The van der Waals surface area contributed by atoms with Gasteiger partial charge in [0.2, 0.25) is 0 Å². The van der Waals surface area contributed by atoms with E-state index in [1.807, 2.05) is 36.6 Å². The predicted octanol–water partition coefficient (Wildman–Crippen LogP) is 3.15. The Labute approximate surface area is 143 Å². The van der Waals surface area contributed by atoms with Crippen molar-refractivity contribution < 1.29 is 4.79 Å². The van der Waals surface area contributed by atoms with E-state index in [9.17, 15) is 4.79 Å². The molecular weight excluding hydrogens is 320 g/mol. The molecule has 0 saturated heterocycles. The molecule has 6 heteroatoms.